The summed E-state index contributed by atoms with van der Waals surface area (Å²) >= 11 is 14.0. The molecule has 0 aliphatic heterocycles. The zero-order valence-electron chi connectivity index (χ0n) is 19.0. The third-order valence-electron chi connectivity index (χ3n) is 5.43. The molecule has 1 heterocycles. The van der Waals surface area contributed by atoms with Crippen LogP contribution >= 0.6 is 55.4 Å². The van der Waals surface area contributed by atoms with Gasteiger partial charge in [-0.05, 0) is 106 Å². The number of benzene rings is 4. The van der Waals surface area contributed by atoms with E-state index >= 15 is 0 Å². The van der Waals surface area contributed by atoms with Gasteiger partial charge in [0, 0.05) is 15.7 Å². The van der Waals surface area contributed by atoms with Crippen molar-refractivity contribution in [1.82, 2.24) is 10.3 Å². The van der Waals surface area contributed by atoms with Gasteiger partial charge in [0.05, 0.1) is 14.7 Å². The van der Waals surface area contributed by atoms with E-state index < -0.39 is 0 Å². The van der Waals surface area contributed by atoms with Gasteiger partial charge in [-0.2, -0.15) is 0 Å². The summed E-state index contributed by atoms with van der Waals surface area (Å²) < 4.78 is 8.68. The molecule has 0 aliphatic rings. The quantitative estimate of drug-likeness (QED) is 0.192. The Balaban J connectivity index is 1.17. The highest BCUT2D eigenvalue weighted by atomic mass is 79.9. The molecule has 180 valence electrons. The fraction of sp³-hybridized carbons (Fsp3) is 0.0741. The first-order valence-corrected chi connectivity index (χ1v) is 13.8. The Kier molecular flexibility index (Phi) is 7.34. The number of hydrogen-bond acceptors (Lipinski definition) is 5. The highest BCUT2D eigenvalue weighted by Crippen LogP contribution is 2.34. The lowest BCUT2D eigenvalue weighted by Crippen LogP contribution is -2.37. The monoisotopic (exact) mass is 639 g/mol. The topological polar surface area (TPSA) is 63.2 Å². The number of nitrogens with zero attached hydrogens (tertiary/aromatic N) is 1. The molecule has 0 saturated carbocycles. The van der Waals surface area contributed by atoms with Gasteiger partial charge in [0.25, 0.3) is 5.91 Å². The van der Waals surface area contributed by atoms with Crippen LogP contribution in [0, 0.1) is 6.92 Å². The minimum atomic E-state index is -0.350. The lowest BCUT2D eigenvalue weighted by molar-refractivity contribution is -0.121. The normalized spacial score (nSPS) is 11.0. The molecule has 0 bridgehead atoms. The summed E-state index contributed by atoms with van der Waals surface area (Å²) in [7, 11) is 0. The molecule has 5 aromatic rings. The predicted molar refractivity (Wildman–Crippen MR) is 159 cm³/mol. The second-order valence-corrected chi connectivity index (χ2v) is 11.2. The van der Waals surface area contributed by atoms with Crippen LogP contribution in [-0.4, -0.2) is 22.6 Å². The van der Waals surface area contributed by atoms with Gasteiger partial charge in [-0.15, -0.1) is 11.3 Å². The molecule has 0 atom stereocenters. The number of halogens is 2. The molecule has 0 aliphatic carbocycles. The number of aryl methyl sites for hydroxylation is 1. The molecule has 4 aromatic carbocycles. The Labute approximate surface area is 234 Å². The van der Waals surface area contributed by atoms with Crippen LogP contribution in [0.3, 0.4) is 0 Å². The number of fused-ring (bicyclic) bond motifs is 2. The number of thiocarbonyl (C=S) groups is 1. The summed E-state index contributed by atoms with van der Waals surface area (Å²) in [6.07, 6.45) is 0. The number of aromatic nitrogens is 1. The van der Waals surface area contributed by atoms with Gasteiger partial charge in [-0.25, -0.2) is 4.98 Å². The van der Waals surface area contributed by atoms with Crippen LogP contribution in [0.2, 0.25) is 0 Å². The number of ether oxygens (including phenoxy) is 1. The molecular formula is C27H19Br2N3O2S2. The van der Waals surface area contributed by atoms with Crippen LogP contribution in [0.4, 0.5) is 5.69 Å². The summed E-state index contributed by atoms with van der Waals surface area (Å²) in [5.74, 6) is 0.233. The highest BCUT2D eigenvalue weighted by molar-refractivity contribution is 9.11. The maximum Gasteiger partial charge on any atom is 0.264 e. The third-order valence-corrected chi connectivity index (χ3v) is 8.01. The maximum absolute atomic E-state index is 12.4. The zero-order chi connectivity index (χ0) is 25.2. The lowest BCUT2D eigenvalue weighted by Gasteiger charge is -2.12. The van der Waals surface area contributed by atoms with Gasteiger partial charge < -0.3 is 10.1 Å². The largest absolute Gasteiger partial charge is 0.483 e. The van der Waals surface area contributed by atoms with E-state index in [4.69, 9.17) is 21.9 Å². The molecule has 9 heteroatoms. The number of rotatable bonds is 5. The van der Waals surface area contributed by atoms with Crippen molar-refractivity contribution in [1.29, 1.82) is 0 Å². The fourth-order valence-corrected chi connectivity index (χ4v) is 5.96. The number of carbonyl (C=O) groups excluding carboxylic acids is 1. The maximum atomic E-state index is 12.4. The average Bonchev–Trinajstić information content (AvgIpc) is 3.27. The Morgan fingerprint density at radius 1 is 1.03 bits per heavy atom. The van der Waals surface area contributed by atoms with Crippen molar-refractivity contribution in [3.05, 3.63) is 87.3 Å². The second-order valence-electron chi connectivity index (χ2n) is 8.10. The Bertz CT molecular complexity index is 1620. The first kappa shape index (κ1) is 24.8. The van der Waals surface area contributed by atoms with Crippen LogP contribution in [0.25, 0.3) is 31.6 Å². The Morgan fingerprint density at radius 3 is 2.64 bits per heavy atom. The number of carbonyl (C=O) groups is 1. The Morgan fingerprint density at radius 2 is 1.83 bits per heavy atom. The minimum Gasteiger partial charge on any atom is -0.483 e. The van der Waals surface area contributed by atoms with Crippen molar-refractivity contribution in [3.8, 4) is 16.3 Å². The molecule has 0 saturated heterocycles. The number of amides is 1. The lowest BCUT2D eigenvalue weighted by atomic mass is 10.1. The summed E-state index contributed by atoms with van der Waals surface area (Å²) in [5.41, 5.74) is 4.01. The summed E-state index contributed by atoms with van der Waals surface area (Å²) in [6.45, 7) is 1.91. The molecule has 1 amide bonds. The van der Waals surface area contributed by atoms with Crippen LogP contribution in [0.1, 0.15) is 5.56 Å². The molecule has 1 aromatic heterocycles. The number of thiazole rings is 1. The average molecular weight is 641 g/mol. The van der Waals surface area contributed by atoms with E-state index in [0.717, 1.165) is 41.5 Å². The molecule has 0 unspecified atom stereocenters. The van der Waals surface area contributed by atoms with Crippen molar-refractivity contribution < 1.29 is 9.53 Å². The van der Waals surface area contributed by atoms with E-state index in [2.05, 4.69) is 61.5 Å². The molecule has 36 heavy (non-hydrogen) atoms. The summed E-state index contributed by atoms with van der Waals surface area (Å²) in [5, 5.41) is 8.91. The van der Waals surface area contributed by atoms with Crippen molar-refractivity contribution in [3.63, 3.8) is 0 Å². The number of hydrogen-bond donors (Lipinski definition) is 2. The van der Waals surface area contributed by atoms with E-state index in [1.54, 1.807) is 11.3 Å². The molecule has 5 rings (SSSR count). The molecular weight excluding hydrogens is 622 g/mol. The first-order valence-electron chi connectivity index (χ1n) is 10.9. The van der Waals surface area contributed by atoms with Crippen LogP contribution in [0.5, 0.6) is 5.75 Å². The molecule has 0 radical (unpaired) electrons. The van der Waals surface area contributed by atoms with Crippen LogP contribution < -0.4 is 15.4 Å². The zero-order valence-corrected chi connectivity index (χ0v) is 23.8. The van der Waals surface area contributed by atoms with E-state index in [1.165, 1.54) is 10.3 Å². The van der Waals surface area contributed by atoms with Gasteiger partial charge in [0.2, 0.25) is 0 Å². The smallest absolute Gasteiger partial charge is 0.264 e. The SMILES string of the molecule is Cc1ccc2nc(-c3ccc(NC(=S)NC(=O)COc4ccc5cc(Br)ccc5c4Br)cc3)sc2c1. The molecule has 5 nitrogen and oxygen atoms in total. The summed E-state index contributed by atoms with van der Waals surface area (Å²) in [6, 6.07) is 23.8. The number of anilines is 1. The number of nitrogens with one attached hydrogen (secondary N) is 2. The van der Waals surface area contributed by atoms with E-state index in [0.29, 0.717) is 5.75 Å². The van der Waals surface area contributed by atoms with Gasteiger partial charge in [0.15, 0.2) is 11.7 Å². The van der Waals surface area contributed by atoms with E-state index in [-0.39, 0.29) is 17.6 Å². The third kappa shape index (κ3) is 5.59. The fourth-order valence-electron chi connectivity index (χ4n) is 3.67. The molecule has 0 spiro atoms. The highest BCUT2D eigenvalue weighted by Gasteiger charge is 2.11. The Hall–Kier alpha value is -2.85. The van der Waals surface area contributed by atoms with Crippen LogP contribution in [0.15, 0.2) is 81.7 Å². The van der Waals surface area contributed by atoms with E-state index in [9.17, 15) is 4.79 Å². The van der Waals surface area contributed by atoms with Crippen molar-refractivity contribution >= 4 is 93.1 Å². The molecule has 0 fully saturated rings. The van der Waals surface area contributed by atoms with Gasteiger partial charge >= 0.3 is 0 Å². The minimum absolute atomic E-state index is 0.168. The first-order chi connectivity index (χ1) is 17.4. The van der Waals surface area contributed by atoms with Gasteiger partial charge in [-0.3, -0.25) is 10.1 Å². The van der Waals surface area contributed by atoms with E-state index in [1.807, 2.05) is 60.7 Å². The molecule has 2 N–H and O–H groups in total. The van der Waals surface area contributed by atoms with Gasteiger partial charge in [0.1, 0.15) is 10.8 Å². The van der Waals surface area contributed by atoms with Crippen molar-refractivity contribution in [2.75, 3.05) is 11.9 Å². The second kappa shape index (κ2) is 10.6. The predicted octanol–water partition coefficient (Wildman–Crippen LogP) is 7.84. The van der Waals surface area contributed by atoms with Gasteiger partial charge in [-0.1, -0.05) is 34.1 Å². The summed E-state index contributed by atoms with van der Waals surface area (Å²) in [4.78, 5) is 17.1. The van der Waals surface area contributed by atoms with Crippen LogP contribution in [-0.2, 0) is 4.79 Å². The standard InChI is InChI=1S/C27H19Br2N3O2S2/c1-15-2-10-21-23(12-15)36-26(31-21)16-3-7-19(8-4-16)30-27(35)32-24(33)14-34-22-11-5-17-13-18(28)6-9-20(17)25(22)29/h2-13H,14H2,1H3,(H2,30,32,33,35). The van der Waals surface area contributed by atoms with Crippen molar-refractivity contribution in [2.24, 2.45) is 0 Å². The van der Waals surface area contributed by atoms with Crippen molar-refractivity contribution in [2.45, 2.75) is 6.92 Å².